The Labute approximate surface area is 86.0 Å². The first-order chi connectivity index (χ1) is 6.67. The van der Waals surface area contributed by atoms with Crippen molar-refractivity contribution in [1.29, 1.82) is 0 Å². The molecule has 0 radical (unpaired) electrons. The minimum absolute atomic E-state index is 0.649. The smallest absolute Gasteiger partial charge is 0.379 e. The molecular formula is C8H14F2N2O3. The Morgan fingerprint density at radius 3 is 2.13 bits per heavy atom. The molecule has 0 fully saturated rings. The van der Waals surface area contributed by atoms with E-state index in [0.717, 1.165) is 6.92 Å². The maximum absolute atomic E-state index is 13.2. The first kappa shape index (κ1) is 13.6. The van der Waals surface area contributed by atoms with E-state index >= 15 is 0 Å². The standard InChI is InChI=1S/C8H14F2N2O3/c1-4(2)15-6(13)8(9,10)5(3)12-7(11)14/h4-5H,1-3H3,(H3,11,12,14). The summed E-state index contributed by atoms with van der Waals surface area (Å²) in [4.78, 5) is 21.3. The quantitative estimate of drug-likeness (QED) is 0.687. The van der Waals surface area contributed by atoms with Gasteiger partial charge in [-0.3, -0.25) is 0 Å². The highest BCUT2D eigenvalue weighted by atomic mass is 19.3. The Morgan fingerprint density at radius 1 is 1.33 bits per heavy atom. The van der Waals surface area contributed by atoms with Gasteiger partial charge in [-0.1, -0.05) is 0 Å². The van der Waals surface area contributed by atoms with Crippen molar-refractivity contribution in [3.8, 4) is 0 Å². The summed E-state index contributed by atoms with van der Waals surface area (Å²) in [6.07, 6.45) is -0.649. The van der Waals surface area contributed by atoms with Gasteiger partial charge in [0.15, 0.2) is 0 Å². The Hall–Kier alpha value is -1.40. The molecule has 0 aliphatic rings. The SMILES string of the molecule is CC(C)OC(=O)C(F)(F)C(C)NC(N)=O. The molecular weight excluding hydrogens is 210 g/mol. The molecule has 0 aliphatic heterocycles. The summed E-state index contributed by atoms with van der Waals surface area (Å²) in [5.74, 6) is -5.47. The average molecular weight is 224 g/mol. The number of hydrogen-bond donors (Lipinski definition) is 2. The molecule has 0 spiro atoms. The van der Waals surface area contributed by atoms with Crippen molar-refractivity contribution in [2.24, 2.45) is 5.73 Å². The largest absolute Gasteiger partial charge is 0.458 e. The van der Waals surface area contributed by atoms with Crippen molar-refractivity contribution in [3.05, 3.63) is 0 Å². The van der Waals surface area contributed by atoms with Crippen LogP contribution in [0.1, 0.15) is 20.8 Å². The highest BCUT2D eigenvalue weighted by Gasteiger charge is 2.47. The second kappa shape index (κ2) is 4.90. The number of urea groups is 1. The lowest BCUT2D eigenvalue weighted by Gasteiger charge is -2.22. The summed E-state index contributed by atoms with van der Waals surface area (Å²) in [7, 11) is 0. The Balaban J connectivity index is 4.50. The normalized spacial score (nSPS) is 13.5. The summed E-state index contributed by atoms with van der Waals surface area (Å²) < 4.78 is 30.7. The zero-order valence-corrected chi connectivity index (χ0v) is 8.71. The van der Waals surface area contributed by atoms with Crippen LogP contribution in [0.15, 0.2) is 0 Å². The van der Waals surface area contributed by atoms with Crippen molar-refractivity contribution in [2.75, 3.05) is 0 Å². The van der Waals surface area contributed by atoms with Crippen LogP contribution in [-0.2, 0) is 9.53 Å². The fourth-order valence-electron chi connectivity index (χ4n) is 0.773. The molecule has 3 N–H and O–H groups in total. The Morgan fingerprint density at radius 2 is 1.80 bits per heavy atom. The first-order valence-electron chi connectivity index (χ1n) is 4.32. The van der Waals surface area contributed by atoms with E-state index in [9.17, 15) is 18.4 Å². The summed E-state index contributed by atoms with van der Waals surface area (Å²) in [6.45, 7) is 3.85. The van der Waals surface area contributed by atoms with Gasteiger partial charge in [-0.15, -0.1) is 0 Å². The number of nitrogens with one attached hydrogen (secondary N) is 1. The molecule has 0 rings (SSSR count). The maximum atomic E-state index is 13.2. The number of ether oxygens (including phenoxy) is 1. The molecule has 0 saturated carbocycles. The second-order valence-corrected chi connectivity index (χ2v) is 3.31. The number of nitrogens with two attached hydrogens (primary N) is 1. The molecule has 0 bridgehead atoms. The number of hydrogen-bond acceptors (Lipinski definition) is 3. The van der Waals surface area contributed by atoms with E-state index in [1.807, 2.05) is 0 Å². The van der Waals surface area contributed by atoms with Gasteiger partial charge >= 0.3 is 17.9 Å². The number of carbonyl (C=O) groups excluding carboxylic acids is 2. The Kier molecular flexibility index (Phi) is 4.44. The topological polar surface area (TPSA) is 81.4 Å². The molecule has 0 aromatic rings. The van der Waals surface area contributed by atoms with Gasteiger partial charge in [-0.25, -0.2) is 9.59 Å². The summed E-state index contributed by atoms with van der Waals surface area (Å²) in [5, 5.41) is 1.73. The van der Waals surface area contributed by atoms with E-state index in [2.05, 4.69) is 10.5 Å². The molecule has 0 aromatic heterocycles. The lowest BCUT2D eigenvalue weighted by atomic mass is 10.2. The van der Waals surface area contributed by atoms with E-state index in [-0.39, 0.29) is 0 Å². The van der Waals surface area contributed by atoms with Crippen LogP contribution in [-0.4, -0.2) is 30.1 Å². The predicted molar refractivity (Wildman–Crippen MR) is 48.4 cm³/mol. The van der Waals surface area contributed by atoms with Gasteiger partial charge in [0.25, 0.3) is 0 Å². The van der Waals surface area contributed by atoms with Gasteiger partial charge in [0.2, 0.25) is 0 Å². The number of alkyl halides is 2. The van der Waals surface area contributed by atoms with Gasteiger partial charge in [-0.2, -0.15) is 8.78 Å². The van der Waals surface area contributed by atoms with E-state index in [0.29, 0.717) is 0 Å². The molecule has 1 atom stereocenters. The fourth-order valence-corrected chi connectivity index (χ4v) is 0.773. The highest BCUT2D eigenvalue weighted by Crippen LogP contribution is 2.21. The lowest BCUT2D eigenvalue weighted by molar-refractivity contribution is -0.179. The highest BCUT2D eigenvalue weighted by molar-refractivity contribution is 5.80. The van der Waals surface area contributed by atoms with E-state index < -0.39 is 30.1 Å². The number of amides is 2. The van der Waals surface area contributed by atoms with Gasteiger partial charge in [0.05, 0.1) is 6.10 Å². The van der Waals surface area contributed by atoms with E-state index in [1.165, 1.54) is 13.8 Å². The van der Waals surface area contributed by atoms with E-state index in [4.69, 9.17) is 0 Å². The summed E-state index contributed by atoms with van der Waals surface area (Å²) in [6, 6.07) is -2.83. The Bertz CT molecular complexity index is 256. The van der Waals surface area contributed by atoms with Gasteiger partial charge < -0.3 is 15.8 Å². The van der Waals surface area contributed by atoms with Crippen LogP contribution in [0.3, 0.4) is 0 Å². The third-order valence-electron chi connectivity index (χ3n) is 1.52. The van der Waals surface area contributed by atoms with Crippen LogP contribution in [0.25, 0.3) is 0 Å². The molecule has 0 aromatic carbocycles. The fraction of sp³-hybridized carbons (Fsp3) is 0.750. The third-order valence-corrected chi connectivity index (χ3v) is 1.52. The molecule has 0 heterocycles. The van der Waals surface area contributed by atoms with Gasteiger partial charge in [0.1, 0.15) is 6.04 Å². The molecule has 7 heteroatoms. The van der Waals surface area contributed by atoms with Crippen molar-refractivity contribution < 1.29 is 23.1 Å². The second-order valence-electron chi connectivity index (χ2n) is 3.31. The molecule has 2 amide bonds. The monoisotopic (exact) mass is 224 g/mol. The van der Waals surface area contributed by atoms with Crippen LogP contribution in [0.5, 0.6) is 0 Å². The molecule has 15 heavy (non-hydrogen) atoms. The van der Waals surface area contributed by atoms with Crippen molar-refractivity contribution in [1.82, 2.24) is 5.32 Å². The summed E-state index contributed by atoms with van der Waals surface area (Å²) in [5.41, 5.74) is 4.66. The number of rotatable bonds is 4. The molecule has 0 saturated heterocycles. The van der Waals surface area contributed by atoms with Crippen LogP contribution in [0, 0.1) is 0 Å². The van der Waals surface area contributed by atoms with Gasteiger partial charge in [-0.05, 0) is 20.8 Å². The molecule has 88 valence electrons. The lowest BCUT2D eigenvalue weighted by Crippen LogP contribution is -2.52. The third kappa shape index (κ3) is 4.09. The van der Waals surface area contributed by atoms with Crippen LogP contribution >= 0.6 is 0 Å². The minimum atomic E-state index is -3.79. The molecule has 5 nitrogen and oxygen atoms in total. The number of esters is 1. The minimum Gasteiger partial charge on any atom is -0.458 e. The van der Waals surface area contributed by atoms with Crippen LogP contribution in [0.4, 0.5) is 13.6 Å². The van der Waals surface area contributed by atoms with Crippen LogP contribution in [0.2, 0.25) is 0 Å². The number of carbonyl (C=O) groups is 2. The number of primary amides is 1. The first-order valence-corrected chi connectivity index (χ1v) is 4.32. The maximum Gasteiger partial charge on any atom is 0.379 e. The van der Waals surface area contributed by atoms with Crippen molar-refractivity contribution in [2.45, 2.75) is 38.8 Å². The zero-order valence-electron chi connectivity index (χ0n) is 8.71. The zero-order chi connectivity index (χ0) is 12.2. The van der Waals surface area contributed by atoms with Crippen LogP contribution < -0.4 is 11.1 Å². The molecule has 1 unspecified atom stereocenters. The average Bonchev–Trinajstić information content (AvgIpc) is 2.01. The predicted octanol–water partition coefficient (Wildman–Crippen LogP) is 0.630. The number of halogens is 2. The van der Waals surface area contributed by atoms with Gasteiger partial charge in [0, 0.05) is 0 Å². The van der Waals surface area contributed by atoms with Crippen molar-refractivity contribution in [3.63, 3.8) is 0 Å². The molecule has 0 aliphatic carbocycles. The van der Waals surface area contributed by atoms with E-state index in [1.54, 1.807) is 5.32 Å². The van der Waals surface area contributed by atoms with Crippen molar-refractivity contribution >= 4 is 12.0 Å². The summed E-state index contributed by atoms with van der Waals surface area (Å²) >= 11 is 0.